The third-order valence-corrected chi connectivity index (χ3v) is 8.39. The van der Waals surface area contributed by atoms with Gasteiger partial charge in [0, 0.05) is 47.4 Å². The van der Waals surface area contributed by atoms with E-state index in [2.05, 4.69) is 120 Å². The fraction of sp³-hybridized carbons (Fsp3) is 0. The van der Waals surface area contributed by atoms with Gasteiger partial charge in [-0.05, 0) is 48.5 Å². The van der Waals surface area contributed by atoms with Gasteiger partial charge in [0.15, 0.2) is 0 Å². The van der Waals surface area contributed by atoms with Gasteiger partial charge in [-0.2, -0.15) is 0 Å². The molecule has 0 spiro atoms. The molecule has 0 radical (unpaired) electrons. The Labute approximate surface area is 217 Å². The maximum atomic E-state index is 6.41. The summed E-state index contributed by atoms with van der Waals surface area (Å²) in [5.74, 6) is 0. The fourth-order valence-electron chi connectivity index (χ4n) is 5.65. The highest BCUT2D eigenvalue weighted by Crippen LogP contribution is 2.47. The molecular formula is C34H21NOS. The van der Waals surface area contributed by atoms with Gasteiger partial charge in [0.25, 0.3) is 0 Å². The summed E-state index contributed by atoms with van der Waals surface area (Å²) in [4.78, 5) is 2.40. The Bertz CT molecular complexity index is 2100. The lowest BCUT2D eigenvalue weighted by Crippen LogP contribution is -2.10. The van der Waals surface area contributed by atoms with E-state index >= 15 is 0 Å². The van der Waals surface area contributed by atoms with Crippen LogP contribution in [-0.2, 0) is 0 Å². The zero-order valence-electron chi connectivity index (χ0n) is 19.9. The number of fused-ring (bicyclic) bond motifs is 8. The molecule has 0 saturated carbocycles. The molecule has 2 heterocycles. The lowest BCUT2D eigenvalue weighted by atomic mass is 10.0. The molecule has 8 aromatic rings. The van der Waals surface area contributed by atoms with Crippen LogP contribution in [0, 0.1) is 0 Å². The molecule has 0 bridgehead atoms. The number of para-hydroxylation sites is 2. The summed E-state index contributed by atoms with van der Waals surface area (Å²) in [5, 5.41) is 7.16. The average molecular weight is 492 g/mol. The van der Waals surface area contributed by atoms with Gasteiger partial charge in [-0.25, -0.2) is 0 Å². The highest BCUT2D eigenvalue weighted by molar-refractivity contribution is 7.26. The van der Waals surface area contributed by atoms with Crippen molar-refractivity contribution in [1.82, 2.24) is 0 Å². The molecular weight excluding hydrogens is 470 g/mol. The first-order chi connectivity index (χ1) is 18.4. The standard InChI is InChI=1S/C34H21NOS/c1-2-10-22(11-3-1)35(29-16-9-19-32-33(29)27-13-5-7-18-31(27)37-32)28-15-8-14-25-23(28)20-21-26-24-12-4-6-17-30(24)36-34(25)26/h1-21H. The molecule has 0 atom stereocenters. The SMILES string of the molecule is c1ccc(N(c2cccc3c2ccc2c4ccccc4oc32)c2cccc3sc4ccccc4c23)cc1. The molecule has 0 aliphatic rings. The summed E-state index contributed by atoms with van der Waals surface area (Å²) >= 11 is 1.85. The molecule has 0 saturated heterocycles. The molecule has 3 heteroatoms. The smallest absolute Gasteiger partial charge is 0.143 e. The second-order valence-electron chi connectivity index (χ2n) is 9.33. The third-order valence-electron chi connectivity index (χ3n) is 7.26. The molecule has 174 valence electrons. The number of furan rings is 1. The van der Waals surface area contributed by atoms with E-state index in [1.165, 1.54) is 25.9 Å². The van der Waals surface area contributed by atoms with Crippen LogP contribution in [0.3, 0.4) is 0 Å². The molecule has 37 heavy (non-hydrogen) atoms. The zero-order valence-corrected chi connectivity index (χ0v) is 20.7. The Hall–Kier alpha value is -4.60. The molecule has 2 aromatic heterocycles. The average Bonchev–Trinajstić information content (AvgIpc) is 3.53. The van der Waals surface area contributed by atoms with Crippen molar-refractivity contribution in [2.75, 3.05) is 4.90 Å². The number of benzene rings is 6. The van der Waals surface area contributed by atoms with Crippen LogP contribution in [0.25, 0.3) is 52.9 Å². The predicted molar refractivity (Wildman–Crippen MR) is 159 cm³/mol. The van der Waals surface area contributed by atoms with E-state index in [0.29, 0.717) is 0 Å². The lowest BCUT2D eigenvalue weighted by Gasteiger charge is -2.27. The molecule has 0 N–H and O–H groups in total. The van der Waals surface area contributed by atoms with Crippen LogP contribution in [0.2, 0.25) is 0 Å². The summed E-state index contributed by atoms with van der Waals surface area (Å²) < 4.78 is 9.01. The van der Waals surface area contributed by atoms with Gasteiger partial charge < -0.3 is 9.32 Å². The normalized spacial score (nSPS) is 11.8. The molecule has 0 unspecified atom stereocenters. The Morgan fingerprint density at radius 3 is 2.03 bits per heavy atom. The quantitative estimate of drug-likeness (QED) is 0.244. The number of nitrogens with zero attached hydrogens (tertiary/aromatic N) is 1. The van der Waals surface area contributed by atoms with Gasteiger partial charge >= 0.3 is 0 Å². The minimum atomic E-state index is 0.921. The molecule has 0 aliphatic heterocycles. The lowest BCUT2D eigenvalue weighted by molar-refractivity contribution is 0.672. The van der Waals surface area contributed by atoms with Gasteiger partial charge in [0.2, 0.25) is 0 Å². The number of hydrogen-bond donors (Lipinski definition) is 0. The van der Waals surface area contributed by atoms with Crippen molar-refractivity contribution in [3.8, 4) is 0 Å². The number of thiophene rings is 1. The van der Waals surface area contributed by atoms with Crippen LogP contribution in [0.1, 0.15) is 0 Å². The predicted octanol–water partition coefficient (Wildman–Crippen LogP) is 10.6. The topological polar surface area (TPSA) is 16.4 Å². The number of anilines is 3. The van der Waals surface area contributed by atoms with Crippen molar-refractivity contribution in [3.63, 3.8) is 0 Å². The first kappa shape index (κ1) is 20.6. The highest BCUT2D eigenvalue weighted by Gasteiger charge is 2.21. The number of rotatable bonds is 3. The van der Waals surface area contributed by atoms with Gasteiger partial charge in [-0.15, -0.1) is 11.3 Å². The van der Waals surface area contributed by atoms with E-state index in [9.17, 15) is 0 Å². The minimum absolute atomic E-state index is 0.921. The molecule has 0 amide bonds. The van der Waals surface area contributed by atoms with Crippen LogP contribution >= 0.6 is 11.3 Å². The molecule has 6 aromatic carbocycles. The van der Waals surface area contributed by atoms with Crippen LogP contribution in [0.15, 0.2) is 132 Å². The maximum absolute atomic E-state index is 6.41. The van der Waals surface area contributed by atoms with E-state index in [-0.39, 0.29) is 0 Å². The first-order valence-corrected chi connectivity index (χ1v) is 13.3. The Morgan fingerprint density at radius 1 is 0.459 bits per heavy atom. The van der Waals surface area contributed by atoms with Gasteiger partial charge in [0.05, 0.1) is 11.4 Å². The summed E-state index contributed by atoms with van der Waals surface area (Å²) in [5.41, 5.74) is 5.30. The monoisotopic (exact) mass is 491 g/mol. The van der Waals surface area contributed by atoms with Gasteiger partial charge in [-0.1, -0.05) is 78.9 Å². The van der Waals surface area contributed by atoms with E-state index in [0.717, 1.165) is 44.1 Å². The maximum Gasteiger partial charge on any atom is 0.143 e. The van der Waals surface area contributed by atoms with Crippen LogP contribution in [0.4, 0.5) is 17.1 Å². The van der Waals surface area contributed by atoms with Crippen LogP contribution in [-0.4, -0.2) is 0 Å². The molecule has 2 nitrogen and oxygen atoms in total. The second kappa shape index (κ2) is 7.95. The molecule has 0 aliphatic carbocycles. The van der Waals surface area contributed by atoms with Crippen molar-refractivity contribution in [2.24, 2.45) is 0 Å². The van der Waals surface area contributed by atoms with Crippen molar-refractivity contribution in [2.45, 2.75) is 0 Å². The fourth-order valence-corrected chi connectivity index (χ4v) is 6.77. The molecule has 0 fully saturated rings. The van der Waals surface area contributed by atoms with E-state index in [1.54, 1.807) is 0 Å². The minimum Gasteiger partial charge on any atom is -0.455 e. The number of hydrogen-bond acceptors (Lipinski definition) is 3. The van der Waals surface area contributed by atoms with Gasteiger partial charge in [-0.3, -0.25) is 0 Å². The second-order valence-corrected chi connectivity index (χ2v) is 10.4. The summed E-state index contributed by atoms with van der Waals surface area (Å²) in [6, 6.07) is 45.3. The van der Waals surface area contributed by atoms with Crippen molar-refractivity contribution in [3.05, 3.63) is 127 Å². The summed E-state index contributed by atoms with van der Waals surface area (Å²) in [6.45, 7) is 0. The molecule has 8 rings (SSSR count). The largest absolute Gasteiger partial charge is 0.455 e. The Kier molecular flexibility index (Phi) is 4.42. The summed E-state index contributed by atoms with van der Waals surface area (Å²) in [7, 11) is 0. The van der Waals surface area contributed by atoms with Crippen molar-refractivity contribution in [1.29, 1.82) is 0 Å². The van der Waals surface area contributed by atoms with Crippen molar-refractivity contribution < 1.29 is 4.42 Å². The van der Waals surface area contributed by atoms with Gasteiger partial charge in [0.1, 0.15) is 11.2 Å². The van der Waals surface area contributed by atoms with E-state index in [4.69, 9.17) is 4.42 Å². The highest BCUT2D eigenvalue weighted by atomic mass is 32.1. The summed E-state index contributed by atoms with van der Waals surface area (Å²) in [6.07, 6.45) is 0. The Morgan fingerprint density at radius 2 is 1.11 bits per heavy atom. The van der Waals surface area contributed by atoms with Crippen LogP contribution in [0.5, 0.6) is 0 Å². The first-order valence-electron chi connectivity index (χ1n) is 12.5. The Balaban J connectivity index is 1.48. The van der Waals surface area contributed by atoms with E-state index < -0.39 is 0 Å². The third kappa shape index (κ3) is 3.05. The van der Waals surface area contributed by atoms with Crippen LogP contribution < -0.4 is 4.90 Å². The zero-order chi connectivity index (χ0) is 24.3. The van der Waals surface area contributed by atoms with E-state index in [1.807, 2.05) is 23.5 Å². The van der Waals surface area contributed by atoms with Crippen molar-refractivity contribution >= 4 is 81.3 Å².